The zero-order chi connectivity index (χ0) is 15.7. The first-order chi connectivity index (χ1) is 10.1. The lowest BCUT2D eigenvalue weighted by Gasteiger charge is -2.22. The van der Waals surface area contributed by atoms with Crippen molar-refractivity contribution in [1.82, 2.24) is 5.32 Å². The molecule has 0 fully saturated rings. The lowest BCUT2D eigenvalue weighted by Crippen LogP contribution is -2.23. The largest absolute Gasteiger partial charge is 0.372 e. The summed E-state index contributed by atoms with van der Waals surface area (Å²) in [6, 6.07) is 6.17. The van der Waals surface area contributed by atoms with E-state index in [0.29, 0.717) is 13.0 Å². The van der Waals surface area contributed by atoms with Crippen LogP contribution in [0.3, 0.4) is 0 Å². The quantitative estimate of drug-likeness (QED) is 0.542. The number of carbonyl (C=O) groups excluding carboxylic acids is 1. The van der Waals surface area contributed by atoms with Gasteiger partial charge in [-0.1, -0.05) is 6.08 Å². The molecule has 4 nitrogen and oxygen atoms in total. The normalized spacial score (nSPS) is 10.2. The van der Waals surface area contributed by atoms with E-state index in [1.54, 1.807) is 6.08 Å². The number of benzene rings is 1. The lowest BCUT2D eigenvalue weighted by atomic mass is 10.1. The summed E-state index contributed by atoms with van der Waals surface area (Å²) in [5.41, 5.74) is 3.18. The number of hydrogen-bond acceptors (Lipinski definition) is 3. The van der Waals surface area contributed by atoms with Gasteiger partial charge in [-0.15, -0.1) is 6.58 Å². The molecule has 0 aromatic heterocycles. The number of aryl methyl sites for hydroxylation is 1. The fraction of sp³-hybridized carbons (Fsp3) is 0.471. The predicted octanol–water partition coefficient (Wildman–Crippen LogP) is 2.95. The summed E-state index contributed by atoms with van der Waals surface area (Å²) in [5, 5.41) is 6.09. The molecule has 0 radical (unpaired) electrons. The van der Waals surface area contributed by atoms with Crippen LogP contribution in [0.15, 0.2) is 30.9 Å². The molecule has 4 heteroatoms. The van der Waals surface area contributed by atoms with Crippen molar-refractivity contribution in [3.05, 3.63) is 36.4 Å². The van der Waals surface area contributed by atoms with Crippen LogP contribution in [0.5, 0.6) is 0 Å². The summed E-state index contributed by atoms with van der Waals surface area (Å²) < 4.78 is 0. The standard InChI is InChI=1S/C17H27N3O/c1-5-11-18-12-10-17(21)19-16-9-8-15(13-14(16)4)20(6-2)7-3/h5,8-9,13,18H,1,6-7,10-12H2,2-4H3,(H,19,21). The van der Waals surface area contributed by atoms with Gasteiger partial charge >= 0.3 is 0 Å². The van der Waals surface area contributed by atoms with Gasteiger partial charge in [0.05, 0.1) is 0 Å². The van der Waals surface area contributed by atoms with E-state index in [1.807, 2.05) is 13.0 Å². The lowest BCUT2D eigenvalue weighted by molar-refractivity contribution is -0.116. The molecule has 0 saturated carbocycles. The zero-order valence-electron chi connectivity index (χ0n) is 13.4. The summed E-state index contributed by atoms with van der Waals surface area (Å²) in [4.78, 5) is 14.2. The fourth-order valence-electron chi connectivity index (χ4n) is 2.19. The molecule has 21 heavy (non-hydrogen) atoms. The Balaban J connectivity index is 2.59. The molecular weight excluding hydrogens is 262 g/mol. The average molecular weight is 289 g/mol. The van der Waals surface area contributed by atoms with Gasteiger partial charge < -0.3 is 15.5 Å². The molecule has 0 aliphatic heterocycles. The van der Waals surface area contributed by atoms with Gasteiger partial charge in [0, 0.05) is 44.0 Å². The van der Waals surface area contributed by atoms with Gasteiger partial charge in [-0.2, -0.15) is 0 Å². The number of amides is 1. The van der Waals surface area contributed by atoms with E-state index in [-0.39, 0.29) is 5.91 Å². The first kappa shape index (κ1) is 17.2. The Morgan fingerprint density at radius 1 is 1.33 bits per heavy atom. The van der Waals surface area contributed by atoms with Gasteiger partial charge in [-0.05, 0) is 44.5 Å². The van der Waals surface area contributed by atoms with Crippen LogP contribution in [0.1, 0.15) is 25.8 Å². The summed E-state index contributed by atoms with van der Waals surface area (Å²) in [7, 11) is 0. The molecule has 0 saturated heterocycles. The summed E-state index contributed by atoms with van der Waals surface area (Å²) in [5.74, 6) is 0.0326. The van der Waals surface area contributed by atoms with E-state index in [2.05, 4.69) is 48.1 Å². The number of nitrogens with zero attached hydrogens (tertiary/aromatic N) is 1. The minimum atomic E-state index is 0.0326. The molecule has 0 spiro atoms. The van der Waals surface area contributed by atoms with Crippen LogP contribution >= 0.6 is 0 Å². The van der Waals surface area contributed by atoms with E-state index in [4.69, 9.17) is 0 Å². The predicted molar refractivity (Wildman–Crippen MR) is 91.1 cm³/mol. The number of anilines is 2. The second-order valence-corrected chi connectivity index (χ2v) is 4.96. The SMILES string of the molecule is C=CCNCCC(=O)Nc1ccc(N(CC)CC)cc1C. The second kappa shape index (κ2) is 9.19. The molecule has 1 rings (SSSR count). The Labute approximate surface area is 128 Å². The number of rotatable bonds is 9. The Morgan fingerprint density at radius 3 is 2.62 bits per heavy atom. The Kier molecular flexibility index (Phi) is 7.54. The molecule has 0 aliphatic rings. The van der Waals surface area contributed by atoms with Crippen LogP contribution in [0.25, 0.3) is 0 Å². The minimum absolute atomic E-state index is 0.0326. The molecule has 1 amide bonds. The third-order valence-electron chi connectivity index (χ3n) is 3.43. The first-order valence-corrected chi connectivity index (χ1v) is 7.59. The van der Waals surface area contributed by atoms with Crippen molar-refractivity contribution < 1.29 is 4.79 Å². The van der Waals surface area contributed by atoms with Crippen LogP contribution in [-0.2, 0) is 4.79 Å². The van der Waals surface area contributed by atoms with E-state index >= 15 is 0 Å². The van der Waals surface area contributed by atoms with Crippen molar-refractivity contribution >= 4 is 17.3 Å². The number of nitrogens with one attached hydrogen (secondary N) is 2. The van der Waals surface area contributed by atoms with Crippen molar-refractivity contribution in [3.8, 4) is 0 Å². The zero-order valence-corrected chi connectivity index (χ0v) is 13.4. The molecule has 116 valence electrons. The second-order valence-electron chi connectivity index (χ2n) is 4.96. The summed E-state index contributed by atoms with van der Waals surface area (Å²) in [6.45, 7) is 13.3. The van der Waals surface area contributed by atoms with Crippen molar-refractivity contribution in [1.29, 1.82) is 0 Å². The van der Waals surface area contributed by atoms with Crippen LogP contribution in [-0.4, -0.2) is 32.1 Å². The first-order valence-electron chi connectivity index (χ1n) is 7.59. The Hall–Kier alpha value is -1.81. The third kappa shape index (κ3) is 5.60. The van der Waals surface area contributed by atoms with Crippen LogP contribution < -0.4 is 15.5 Å². The van der Waals surface area contributed by atoms with Crippen molar-refractivity contribution in [2.75, 3.05) is 36.4 Å². The highest BCUT2D eigenvalue weighted by molar-refractivity contribution is 5.91. The maximum atomic E-state index is 11.9. The maximum absolute atomic E-state index is 11.9. The number of hydrogen-bond donors (Lipinski definition) is 2. The van der Waals surface area contributed by atoms with Crippen molar-refractivity contribution in [2.24, 2.45) is 0 Å². The van der Waals surface area contributed by atoms with Crippen molar-refractivity contribution in [2.45, 2.75) is 27.2 Å². The smallest absolute Gasteiger partial charge is 0.225 e. The molecule has 0 aliphatic carbocycles. The van der Waals surface area contributed by atoms with Crippen LogP contribution in [0, 0.1) is 6.92 Å². The van der Waals surface area contributed by atoms with Gasteiger partial charge in [-0.25, -0.2) is 0 Å². The highest BCUT2D eigenvalue weighted by atomic mass is 16.1. The van der Waals surface area contributed by atoms with E-state index < -0.39 is 0 Å². The van der Waals surface area contributed by atoms with Gasteiger partial charge in [0.1, 0.15) is 0 Å². The molecule has 1 aromatic carbocycles. The molecular formula is C17H27N3O. The van der Waals surface area contributed by atoms with Crippen LogP contribution in [0.2, 0.25) is 0 Å². The summed E-state index contributed by atoms with van der Waals surface area (Å²) >= 11 is 0. The maximum Gasteiger partial charge on any atom is 0.225 e. The molecule has 0 bridgehead atoms. The highest BCUT2D eigenvalue weighted by Gasteiger charge is 2.07. The van der Waals surface area contributed by atoms with E-state index in [1.165, 1.54) is 5.69 Å². The molecule has 1 aromatic rings. The number of carbonyl (C=O) groups is 1. The topological polar surface area (TPSA) is 44.4 Å². The fourth-order valence-corrected chi connectivity index (χ4v) is 2.19. The van der Waals surface area contributed by atoms with Gasteiger partial charge in [0.15, 0.2) is 0 Å². The van der Waals surface area contributed by atoms with Crippen molar-refractivity contribution in [3.63, 3.8) is 0 Å². The highest BCUT2D eigenvalue weighted by Crippen LogP contribution is 2.22. The van der Waals surface area contributed by atoms with Gasteiger partial charge in [-0.3, -0.25) is 4.79 Å². The Morgan fingerprint density at radius 2 is 2.05 bits per heavy atom. The average Bonchev–Trinajstić information content (AvgIpc) is 2.47. The summed E-state index contributed by atoms with van der Waals surface area (Å²) in [6.07, 6.45) is 2.25. The third-order valence-corrected chi connectivity index (χ3v) is 3.43. The van der Waals surface area contributed by atoms with Crippen LogP contribution in [0.4, 0.5) is 11.4 Å². The molecule has 0 atom stereocenters. The monoisotopic (exact) mass is 289 g/mol. The van der Waals surface area contributed by atoms with Gasteiger partial charge in [0.2, 0.25) is 5.91 Å². The molecule has 0 unspecified atom stereocenters. The van der Waals surface area contributed by atoms with Gasteiger partial charge in [0.25, 0.3) is 0 Å². The minimum Gasteiger partial charge on any atom is -0.372 e. The Bertz CT molecular complexity index is 467. The molecule has 2 N–H and O–H groups in total. The molecule has 0 heterocycles. The van der Waals surface area contributed by atoms with E-state index in [9.17, 15) is 4.79 Å². The van der Waals surface area contributed by atoms with E-state index in [0.717, 1.165) is 30.9 Å².